The highest BCUT2D eigenvalue weighted by atomic mass is 16.5. The van der Waals surface area contributed by atoms with E-state index in [0.29, 0.717) is 24.8 Å². The third-order valence-electron chi connectivity index (χ3n) is 2.34. The Morgan fingerprint density at radius 3 is 3.00 bits per heavy atom. The highest BCUT2D eigenvalue weighted by Gasteiger charge is 2.00. The molecule has 5 heteroatoms. The predicted octanol–water partition coefficient (Wildman–Crippen LogP) is 2.08. The van der Waals surface area contributed by atoms with Crippen molar-refractivity contribution in [2.75, 3.05) is 11.9 Å². The number of hydrogen-bond acceptors (Lipinski definition) is 5. The maximum absolute atomic E-state index is 5.60. The first kappa shape index (κ1) is 12.3. The summed E-state index contributed by atoms with van der Waals surface area (Å²) in [6.07, 6.45) is 3.24. The average Bonchev–Trinajstić information content (AvgIpc) is 2.40. The first-order valence-corrected chi connectivity index (χ1v) is 5.82. The second-order valence-corrected chi connectivity index (χ2v) is 3.71. The van der Waals surface area contributed by atoms with Crippen molar-refractivity contribution in [1.82, 2.24) is 9.97 Å². The molecule has 5 nitrogen and oxygen atoms in total. The number of rotatable bonds is 5. The molecule has 0 atom stereocenters. The van der Waals surface area contributed by atoms with Gasteiger partial charge in [0.2, 0.25) is 5.88 Å². The van der Waals surface area contributed by atoms with Crippen LogP contribution in [0.5, 0.6) is 5.88 Å². The zero-order valence-corrected chi connectivity index (χ0v) is 10.3. The Morgan fingerprint density at radius 1 is 1.33 bits per heavy atom. The number of hydrogen-bond donors (Lipinski definition) is 2. The third-order valence-corrected chi connectivity index (χ3v) is 2.34. The highest BCUT2D eigenvalue weighted by molar-refractivity contribution is 5.56. The molecule has 1 heterocycles. The molecule has 0 saturated carbocycles. The van der Waals surface area contributed by atoms with Gasteiger partial charge in [-0.25, -0.2) is 0 Å². The summed E-state index contributed by atoms with van der Waals surface area (Å²) in [7, 11) is 0. The van der Waals surface area contributed by atoms with Crippen LogP contribution < -0.4 is 15.8 Å². The molecule has 1 aromatic heterocycles. The Labute approximate surface area is 106 Å². The largest absolute Gasteiger partial charge is 0.477 e. The monoisotopic (exact) mass is 244 g/mol. The van der Waals surface area contributed by atoms with Gasteiger partial charge in [-0.2, -0.15) is 4.98 Å². The van der Waals surface area contributed by atoms with Gasteiger partial charge in [-0.1, -0.05) is 12.1 Å². The molecule has 0 spiro atoms. The van der Waals surface area contributed by atoms with E-state index in [9.17, 15) is 0 Å². The molecule has 2 aromatic rings. The van der Waals surface area contributed by atoms with Crippen molar-refractivity contribution in [2.45, 2.75) is 13.5 Å². The molecular weight excluding hydrogens is 228 g/mol. The van der Waals surface area contributed by atoms with E-state index < -0.39 is 0 Å². The normalized spacial score (nSPS) is 10.1. The fourth-order valence-corrected chi connectivity index (χ4v) is 1.55. The van der Waals surface area contributed by atoms with E-state index in [4.69, 9.17) is 10.5 Å². The van der Waals surface area contributed by atoms with Crippen molar-refractivity contribution < 1.29 is 4.74 Å². The van der Waals surface area contributed by atoms with Gasteiger partial charge in [-0.3, -0.25) is 4.98 Å². The Kier molecular flexibility index (Phi) is 4.09. The van der Waals surface area contributed by atoms with Crippen molar-refractivity contribution in [3.63, 3.8) is 0 Å². The second-order valence-electron chi connectivity index (χ2n) is 3.71. The minimum Gasteiger partial charge on any atom is -0.477 e. The molecule has 18 heavy (non-hydrogen) atoms. The standard InChI is InChI=1S/C13H16N4O/c1-2-18-13-9-15-8-12(17-13)16-11-5-3-4-10(6-11)7-14/h3-6,8-9H,2,7,14H2,1H3,(H,16,17). The molecule has 0 fully saturated rings. The Bertz CT molecular complexity index is 516. The number of aromatic nitrogens is 2. The average molecular weight is 244 g/mol. The lowest BCUT2D eigenvalue weighted by Crippen LogP contribution is -2.00. The molecule has 1 aromatic carbocycles. The molecule has 0 radical (unpaired) electrons. The number of nitrogens with two attached hydrogens (primary N) is 1. The van der Waals surface area contributed by atoms with E-state index >= 15 is 0 Å². The zero-order valence-electron chi connectivity index (χ0n) is 10.3. The van der Waals surface area contributed by atoms with Crippen LogP contribution in [0.2, 0.25) is 0 Å². The van der Waals surface area contributed by atoms with Crippen molar-refractivity contribution in [3.8, 4) is 5.88 Å². The summed E-state index contributed by atoms with van der Waals surface area (Å²) >= 11 is 0. The number of benzene rings is 1. The van der Waals surface area contributed by atoms with Gasteiger partial charge in [0.15, 0.2) is 5.82 Å². The van der Waals surface area contributed by atoms with E-state index in [1.807, 2.05) is 31.2 Å². The van der Waals surface area contributed by atoms with Crippen LogP contribution in [0.3, 0.4) is 0 Å². The van der Waals surface area contributed by atoms with Crippen LogP contribution in [0, 0.1) is 0 Å². The highest BCUT2D eigenvalue weighted by Crippen LogP contribution is 2.17. The Morgan fingerprint density at radius 2 is 2.22 bits per heavy atom. The van der Waals surface area contributed by atoms with E-state index in [1.54, 1.807) is 12.4 Å². The molecule has 2 rings (SSSR count). The van der Waals surface area contributed by atoms with Gasteiger partial charge in [0.25, 0.3) is 0 Å². The number of nitrogens with one attached hydrogen (secondary N) is 1. The van der Waals surface area contributed by atoms with Crippen molar-refractivity contribution in [2.24, 2.45) is 5.73 Å². The topological polar surface area (TPSA) is 73.1 Å². The summed E-state index contributed by atoms with van der Waals surface area (Å²) in [4.78, 5) is 8.35. The lowest BCUT2D eigenvalue weighted by Gasteiger charge is -2.08. The van der Waals surface area contributed by atoms with Crippen LogP contribution in [0.1, 0.15) is 12.5 Å². The molecule has 0 aliphatic carbocycles. The van der Waals surface area contributed by atoms with Crippen LogP contribution in [0.25, 0.3) is 0 Å². The molecule has 0 unspecified atom stereocenters. The molecule has 0 bridgehead atoms. The molecule has 0 aliphatic heterocycles. The Hall–Kier alpha value is -2.14. The summed E-state index contributed by atoms with van der Waals surface area (Å²) in [5, 5.41) is 3.17. The van der Waals surface area contributed by atoms with Gasteiger partial charge in [0.1, 0.15) is 0 Å². The summed E-state index contributed by atoms with van der Waals surface area (Å²) in [6.45, 7) is 2.99. The smallest absolute Gasteiger partial charge is 0.234 e. The summed E-state index contributed by atoms with van der Waals surface area (Å²) in [5.41, 5.74) is 7.60. The predicted molar refractivity (Wildman–Crippen MR) is 70.8 cm³/mol. The van der Waals surface area contributed by atoms with Crippen LogP contribution >= 0.6 is 0 Å². The lowest BCUT2D eigenvalue weighted by atomic mass is 10.2. The minimum atomic E-state index is 0.512. The quantitative estimate of drug-likeness (QED) is 0.842. The van der Waals surface area contributed by atoms with Crippen molar-refractivity contribution >= 4 is 11.5 Å². The summed E-state index contributed by atoms with van der Waals surface area (Å²) < 4.78 is 5.30. The van der Waals surface area contributed by atoms with Crippen LogP contribution in [0.4, 0.5) is 11.5 Å². The van der Waals surface area contributed by atoms with E-state index in [1.165, 1.54) is 0 Å². The summed E-state index contributed by atoms with van der Waals surface area (Å²) in [5.74, 6) is 1.16. The van der Waals surface area contributed by atoms with Crippen LogP contribution in [-0.4, -0.2) is 16.6 Å². The van der Waals surface area contributed by atoms with Gasteiger partial charge >= 0.3 is 0 Å². The van der Waals surface area contributed by atoms with Crippen LogP contribution in [0.15, 0.2) is 36.7 Å². The van der Waals surface area contributed by atoms with Crippen LogP contribution in [-0.2, 0) is 6.54 Å². The SMILES string of the molecule is CCOc1cncc(Nc2cccc(CN)c2)n1. The fourth-order valence-electron chi connectivity index (χ4n) is 1.55. The zero-order chi connectivity index (χ0) is 12.8. The molecular formula is C13H16N4O. The molecule has 0 saturated heterocycles. The first-order chi connectivity index (χ1) is 8.81. The maximum atomic E-state index is 5.60. The summed E-state index contributed by atoms with van der Waals surface area (Å²) in [6, 6.07) is 7.86. The van der Waals surface area contributed by atoms with E-state index in [0.717, 1.165) is 11.3 Å². The molecule has 0 amide bonds. The molecule has 3 N–H and O–H groups in total. The first-order valence-electron chi connectivity index (χ1n) is 5.82. The molecule has 94 valence electrons. The fraction of sp³-hybridized carbons (Fsp3) is 0.231. The van der Waals surface area contributed by atoms with Gasteiger partial charge in [-0.15, -0.1) is 0 Å². The van der Waals surface area contributed by atoms with Gasteiger partial charge in [0, 0.05) is 12.2 Å². The van der Waals surface area contributed by atoms with Gasteiger partial charge < -0.3 is 15.8 Å². The lowest BCUT2D eigenvalue weighted by molar-refractivity contribution is 0.326. The minimum absolute atomic E-state index is 0.512. The number of anilines is 2. The Balaban J connectivity index is 2.14. The van der Waals surface area contributed by atoms with Crippen molar-refractivity contribution in [1.29, 1.82) is 0 Å². The van der Waals surface area contributed by atoms with Crippen molar-refractivity contribution in [3.05, 3.63) is 42.2 Å². The number of nitrogens with zero attached hydrogens (tertiary/aromatic N) is 2. The van der Waals surface area contributed by atoms with Gasteiger partial charge in [0.05, 0.1) is 19.0 Å². The van der Waals surface area contributed by atoms with E-state index in [-0.39, 0.29) is 0 Å². The maximum Gasteiger partial charge on any atom is 0.234 e. The second kappa shape index (κ2) is 5.97. The van der Waals surface area contributed by atoms with Gasteiger partial charge in [-0.05, 0) is 24.6 Å². The van der Waals surface area contributed by atoms with E-state index in [2.05, 4.69) is 15.3 Å². The molecule has 0 aliphatic rings. The number of ether oxygens (including phenoxy) is 1. The third kappa shape index (κ3) is 3.18.